The molecule has 1 atom stereocenters. The highest BCUT2D eigenvalue weighted by Gasteiger charge is 2.09. The van der Waals surface area contributed by atoms with Crippen LogP contribution in [0.2, 0.25) is 0 Å². The second-order valence-corrected chi connectivity index (χ2v) is 3.47. The van der Waals surface area contributed by atoms with E-state index in [1.807, 2.05) is 6.92 Å². The molecule has 8 heavy (non-hydrogen) atoms. The minimum absolute atomic E-state index is 0.576. The van der Waals surface area contributed by atoms with Gasteiger partial charge in [-0.3, -0.25) is 0 Å². The molecule has 1 heterocycles. The van der Waals surface area contributed by atoms with E-state index in [0.717, 1.165) is 11.7 Å². The highest BCUT2D eigenvalue weighted by Crippen LogP contribution is 2.16. The topological polar surface area (TPSA) is 21.6 Å². The molecule has 0 spiro atoms. The zero-order chi connectivity index (χ0) is 5.98. The Balaban J connectivity index is 2.45. The van der Waals surface area contributed by atoms with Crippen LogP contribution in [0.5, 0.6) is 0 Å². The van der Waals surface area contributed by atoms with E-state index in [4.69, 9.17) is 4.84 Å². The average molecular weight is 131 g/mol. The van der Waals surface area contributed by atoms with Gasteiger partial charge >= 0.3 is 0 Å². The lowest BCUT2D eigenvalue weighted by Crippen LogP contribution is -2.12. The van der Waals surface area contributed by atoms with Gasteiger partial charge in [-0.25, -0.2) is 0 Å². The van der Waals surface area contributed by atoms with E-state index in [1.54, 1.807) is 11.8 Å². The molecule has 0 amide bonds. The molecule has 2 nitrogen and oxygen atoms in total. The van der Waals surface area contributed by atoms with Gasteiger partial charge in [0.15, 0.2) is 0 Å². The normalized spacial score (nSPS) is 28.8. The Morgan fingerprint density at radius 2 is 2.62 bits per heavy atom. The van der Waals surface area contributed by atoms with Gasteiger partial charge in [-0.2, -0.15) is 0 Å². The van der Waals surface area contributed by atoms with Crippen molar-refractivity contribution in [2.75, 3.05) is 6.61 Å². The van der Waals surface area contributed by atoms with E-state index in [1.165, 1.54) is 0 Å². The molecule has 0 N–H and O–H groups in total. The minimum atomic E-state index is 0.576. The number of rotatable bonds is 0. The zero-order valence-electron chi connectivity index (χ0n) is 5.05. The molecule has 0 fully saturated rings. The van der Waals surface area contributed by atoms with Crippen molar-refractivity contribution in [2.45, 2.75) is 19.1 Å². The summed E-state index contributed by atoms with van der Waals surface area (Å²) in [5.41, 5.74) is 0. The first-order valence-electron chi connectivity index (χ1n) is 2.62. The van der Waals surface area contributed by atoms with Gasteiger partial charge in [0.25, 0.3) is 0 Å². The third-order valence-electron chi connectivity index (χ3n) is 0.874. The van der Waals surface area contributed by atoms with Gasteiger partial charge < -0.3 is 4.84 Å². The molecule has 1 aliphatic heterocycles. The third kappa shape index (κ3) is 1.40. The maximum atomic E-state index is 4.86. The first-order valence-corrected chi connectivity index (χ1v) is 3.50. The van der Waals surface area contributed by atoms with Crippen molar-refractivity contribution < 1.29 is 4.84 Å². The van der Waals surface area contributed by atoms with E-state index in [9.17, 15) is 0 Å². The summed E-state index contributed by atoms with van der Waals surface area (Å²) in [6.45, 7) is 4.84. The molecular formula is C5H9NOS. The number of hydrogen-bond donors (Lipinski definition) is 0. The van der Waals surface area contributed by atoms with Crippen LogP contribution in [0.1, 0.15) is 13.8 Å². The summed E-state index contributed by atoms with van der Waals surface area (Å²) >= 11 is 1.77. The van der Waals surface area contributed by atoms with E-state index in [0.29, 0.717) is 5.25 Å². The fourth-order valence-electron chi connectivity index (χ4n) is 0.580. The van der Waals surface area contributed by atoms with Crippen molar-refractivity contribution in [3.05, 3.63) is 0 Å². The summed E-state index contributed by atoms with van der Waals surface area (Å²) < 4.78 is 0. The maximum Gasteiger partial charge on any atom is 0.129 e. The fourth-order valence-corrected chi connectivity index (χ4v) is 1.39. The van der Waals surface area contributed by atoms with Crippen molar-refractivity contribution in [1.29, 1.82) is 0 Å². The Labute approximate surface area is 53.3 Å². The monoisotopic (exact) mass is 131 g/mol. The van der Waals surface area contributed by atoms with E-state index in [2.05, 4.69) is 12.1 Å². The number of hydrogen-bond acceptors (Lipinski definition) is 3. The maximum absolute atomic E-state index is 4.86. The van der Waals surface area contributed by atoms with E-state index >= 15 is 0 Å². The largest absolute Gasteiger partial charge is 0.394 e. The highest BCUT2D eigenvalue weighted by atomic mass is 32.2. The SMILES string of the molecule is CC1=NOCC(C)S1. The molecule has 3 heteroatoms. The lowest BCUT2D eigenvalue weighted by Gasteiger charge is -2.13. The Kier molecular flexibility index (Phi) is 1.78. The molecule has 0 radical (unpaired) electrons. The Morgan fingerprint density at radius 3 is 3.00 bits per heavy atom. The Bertz CT molecular complexity index is 113. The van der Waals surface area contributed by atoms with E-state index < -0.39 is 0 Å². The van der Waals surface area contributed by atoms with Crippen LogP contribution >= 0.6 is 11.8 Å². The molecule has 0 bridgehead atoms. The van der Waals surface area contributed by atoms with Crippen LogP contribution in [-0.2, 0) is 4.84 Å². The smallest absolute Gasteiger partial charge is 0.129 e. The van der Waals surface area contributed by atoms with Gasteiger partial charge in [-0.1, -0.05) is 5.16 Å². The van der Waals surface area contributed by atoms with Crippen LogP contribution in [-0.4, -0.2) is 16.9 Å². The number of nitrogens with zero attached hydrogens (tertiary/aromatic N) is 1. The predicted octanol–water partition coefficient (Wildman–Crippen LogP) is 1.47. The second-order valence-electron chi connectivity index (χ2n) is 1.83. The van der Waals surface area contributed by atoms with Gasteiger partial charge in [0.05, 0.1) is 0 Å². The molecular weight excluding hydrogens is 122 g/mol. The molecule has 1 aliphatic rings. The van der Waals surface area contributed by atoms with Crippen molar-refractivity contribution in [2.24, 2.45) is 5.16 Å². The summed E-state index contributed by atoms with van der Waals surface area (Å²) in [6, 6.07) is 0. The van der Waals surface area contributed by atoms with Crippen LogP contribution < -0.4 is 0 Å². The second kappa shape index (κ2) is 2.40. The summed E-state index contributed by atoms with van der Waals surface area (Å²) in [5.74, 6) is 0. The van der Waals surface area contributed by atoms with E-state index in [-0.39, 0.29) is 0 Å². The van der Waals surface area contributed by atoms with Crippen molar-refractivity contribution in [3.63, 3.8) is 0 Å². The molecule has 1 unspecified atom stereocenters. The highest BCUT2D eigenvalue weighted by molar-refractivity contribution is 8.14. The number of oxime groups is 1. The molecule has 0 aliphatic carbocycles. The molecule has 1 rings (SSSR count). The summed E-state index contributed by atoms with van der Waals surface area (Å²) in [6.07, 6.45) is 0. The van der Waals surface area contributed by atoms with Gasteiger partial charge in [-0.05, 0) is 13.8 Å². The van der Waals surface area contributed by atoms with Crippen molar-refractivity contribution in [3.8, 4) is 0 Å². The Hall–Kier alpha value is -0.180. The van der Waals surface area contributed by atoms with Gasteiger partial charge in [0, 0.05) is 5.25 Å². The van der Waals surface area contributed by atoms with Crippen LogP contribution in [0.3, 0.4) is 0 Å². The van der Waals surface area contributed by atoms with Crippen LogP contribution in [0.15, 0.2) is 5.16 Å². The lowest BCUT2D eigenvalue weighted by molar-refractivity contribution is 0.146. The molecule has 0 aromatic rings. The molecule has 0 aromatic carbocycles. The van der Waals surface area contributed by atoms with Crippen LogP contribution in [0, 0.1) is 0 Å². The summed E-state index contributed by atoms with van der Waals surface area (Å²) in [5, 5.41) is 5.37. The zero-order valence-corrected chi connectivity index (χ0v) is 5.86. The number of thioether (sulfide) groups is 1. The Morgan fingerprint density at radius 1 is 1.88 bits per heavy atom. The van der Waals surface area contributed by atoms with Crippen molar-refractivity contribution >= 4 is 16.8 Å². The molecule has 0 aromatic heterocycles. The fraction of sp³-hybridized carbons (Fsp3) is 0.800. The van der Waals surface area contributed by atoms with Gasteiger partial charge in [-0.15, -0.1) is 11.8 Å². The van der Waals surface area contributed by atoms with Gasteiger partial charge in [0.2, 0.25) is 0 Å². The first kappa shape index (κ1) is 5.95. The predicted molar refractivity (Wildman–Crippen MR) is 36.1 cm³/mol. The van der Waals surface area contributed by atoms with Crippen LogP contribution in [0.4, 0.5) is 0 Å². The first-order chi connectivity index (χ1) is 3.79. The quantitative estimate of drug-likeness (QED) is 0.496. The van der Waals surface area contributed by atoms with Crippen molar-refractivity contribution in [1.82, 2.24) is 0 Å². The summed E-state index contributed by atoms with van der Waals surface area (Å²) in [4.78, 5) is 4.86. The molecule has 0 saturated carbocycles. The summed E-state index contributed by atoms with van der Waals surface area (Å²) in [7, 11) is 0. The van der Waals surface area contributed by atoms with Crippen LogP contribution in [0.25, 0.3) is 0 Å². The standard InChI is InChI=1S/C5H9NOS/c1-4-3-7-6-5(2)8-4/h4H,3H2,1-2H3. The third-order valence-corrected chi connectivity index (χ3v) is 1.83. The lowest BCUT2D eigenvalue weighted by atomic mass is 10.5. The minimum Gasteiger partial charge on any atom is -0.394 e. The molecule has 0 saturated heterocycles. The molecule has 46 valence electrons. The average Bonchev–Trinajstić information content (AvgIpc) is 1.64. The van der Waals surface area contributed by atoms with Gasteiger partial charge in [0.1, 0.15) is 11.7 Å².